The second-order valence-electron chi connectivity index (χ2n) is 5.22. The van der Waals surface area contributed by atoms with Crippen LogP contribution in [0.3, 0.4) is 0 Å². The van der Waals surface area contributed by atoms with Crippen LogP contribution in [0, 0.1) is 11.7 Å². The second kappa shape index (κ2) is 8.71. The zero-order chi connectivity index (χ0) is 14.5. The molecule has 0 bridgehead atoms. The van der Waals surface area contributed by atoms with Crippen LogP contribution in [-0.4, -0.2) is 37.5 Å². The van der Waals surface area contributed by atoms with E-state index in [1.807, 2.05) is 7.05 Å². The number of piperidine rings is 1. The molecule has 1 fully saturated rings. The first kappa shape index (κ1) is 18.4. The maximum Gasteiger partial charge on any atom is 0.257 e. The molecule has 0 unspecified atom stereocenters. The lowest BCUT2D eigenvalue weighted by Gasteiger charge is -2.32. The predicted molar refractivity (Wildman–Crippen MR) is 88.5 cm³/mol. The van der Waals surface area contributed by atoms with E-state index in [1.54, 1.807) is 17.0 Å². The van der Waals surface area contributed by atoms with Crippen molar-refractivity contribution in [2.24, 2.45) is 5.92 Å². The maximum absolute atomic E-state index is 13.8. The van der Waals surface area contributed by atoms with Gasteiger partial charge in [-0.3, -0.25) is 4.79 Å². The van der Waals surface area contributed by atoms with E-state index in [0.717, 1.165) is 25.8 Å². The number of halogens is 3. The Morgan fingerprint density at radius 1 is 1.43 bits per heavy atom. The molecule has 6 heteroatoms. The van der Waals surface area contributed by atoms with E-state index in [1.165, 1.54) is 6.07 Å². The van der Waals surface area contributed by atoms with Crippen LogP contribution in [0.25, 0.3) is 0 Å². The van der Waals surface area contributed by atoms with Gasteiger partial charge >= 0.3 is 0 Å². The molecule has 21 heavy (non-hydrogen) atoms. The molecule has 1 saturated heterocycles. The van der Waals surface area contributed by atoms with Gasteiger partial charge in [0.25, 0.3) is 5.91 Å². The Morgan fingerprint density at radius 3 is 2.67 bits per heavy atom. The smallest absolute Gasteiger partial charge is 0.257 e. The summed E-state index contributed by atoms with van der Waals surface area (Å²) >= 11 is 3.26. The van der Waals surface area contributed by atoms with Gasteiger partial charge in [0.1, 0.15) is 5.82 Å². The molecule has 1 heterocycles. The molecule has 0 aliphatic carbocycles. The SMILES string of the molecule is CNCCC1CCN(C(=O)c2c(F)cccc2Br)CC1.Cl. The summed E-state index contributed by atoms with van der Waals surface area (Å²) in [6, 6.07) is 4.63. The molecule has 2 rings (SSSR count). The number of carbonyl (C=O) groups excluding carboxylic acids is 1. The lowest BCUT2D eigenvalue weighted by atomic mass is 9.93. The highest BCUT2D eigenvalue weighted by Crippen LogP contribution is 2.25. The van der Waals surface area contributed by atoms with Gasteiger partial charge in [-0.2, -0.15) is 0 Å². The number of hydrogen-bond acceptors (Lipinski definition) is 2. The minimum absolute atomic E-state index is 0. The molecular weight excluding hydrogens is 359 g/mol. The number of amides is 1. The van der Waals surface area contributed by atoms with Crippen LogP contribution in [0.1, 0.15) is 29.6 Å². The Morgan fingerprint density at radius 2 is 2.10 bits per heavy atom. The summed E-state index contributed by atoms with van der Waals surface area (Å²) in [5.41, 5.74) is 0.154. The van der Waals surface area contributed by atoms with Crippen molar-refractivity contribution in [1.82, 2.24) is 10.2 Å². The molecule has 0 radical (unpaired) electrons. The van der Waals surface area contributed by atoms with Crippen LogP contribution in [0.2, 0.25) is 0 Å². The van der Waals surface area contributed by atoms with Crippen molar-refractivity contribution in [2.45, 2.75) is 19.3 Å². The van der Waals surface area contributed by atoms with E-state index in [9.17, 15) is 9.18 Å². The van der Waals surface area contributed by atoms with Crippen LogP contribution in [0.4, 0.5) is 4.39 Å². The molecular formula is C15H21BrClFN2O. The molecule has 1 aromatic carbocycles. The standard InChI is InChI=1S/C15H20BrFN2O.ClH/c1-18-8-5-11-6-9-19(10-7-11)15(20)14-12(16)3-2-4-13(14)17;/h2-4,11,18H,5-10H2,1H3;1H. The van der Waals surface area contributed by atoms with Gasteiger partial charge in [0.15, 0.2) is 0 Å². The first-order valence-electron chi connectivity index (χ1n) is 7.01. The van der Waals surface area contributed by atoms with E-state index in [2.05, 4.69) is 21.2 Å². The first-order chi connectivity index (χ1) is 9.63. The molecule has 0 saturated carbocycles. The normalized spacial score (nSPS) is 15.7. The number of benzene rings is 1. The molecule has 0 atom stereocenters. The van der Waals surface area contributed by atoms with E-state index < -0.39 is 5.82 Å². The Kier molecular flexibility index (Phi) is 7.63. The molecule has 3 nitrogen and oxygen atoms in total. The van der Waals surface area contributed by atoms with Crippen molar-refractivity contribution in [3.8, 4) is 0 Å². The third-order valence-corrected chi connectivity index (χ3v) is 4.54. The van der Waals surface area contributed by atoms with Crippen molar-refractivity contribution >= 4 is 34.2 Å². The van der Waals surface area contributed by atoms with Gasteiger partial charge in [0, 0.05) is 17.6 Å². The molecule has 1 aromatic rings. The van der Waals surface area contributed by atoms with Gasteiger partial charge in [-0.05, 0) is 66.8 Å². The Hall–Kier alpha value is -0.650. The fourth-order valence-electron chi connectivity index (χ4n) is 2.63. The topological polar surface area (TPSA) is 32.3 Å². The van der Waals surface area contributed by atoms with Crippen LogP contribution in [0.15, 0.2) is 22.7 Å². The van der Waals surface area contributed by atoms with E-state index >= 15 is 0 Å². The van der Waals surface area contributed by atoms with Crippen molar-refractivity contribution in [2.75, 3.05) is 26.7 Å². The van der Waals surface area contributed by atoms with Crippen molar-refractivity contribution in [1.29, 1.82) is 0 Å². The molecule has 1 aliphatic heterocycles. The van der Waals surface area contributed by atoms with Gasteiger partial charge in [-0.15, -0.1) is 12.4 Å². The molecule has 1 amide bonds. The molecule has 1 aliphatic rings. The number of carbonyl (C=O) groups is 1. The third-order valence-electron chi connectivity index (χ3n) is 3.88. The fourth-order valence-corrected chi connectivity index (χ4v) is 3.15. The van der Waals surface area contributed by atoms with E-state index in [0.29, 0.717) is 23.5 Å². The highest BCUT2D eigenvalue weighted by atomic mass is 79.9. The van der Waals surface area contributed by atoms with Crippen LogP contribution >= 0.6 is 28.3 Å². The summed E-state index contributed by atoms with van der Waals surface area (Å²) in [7, 11) is 1.95. The van der Waals surface area contributed by atoms with Gasteiger partial charge in [0.2, 0.25) is 0 Å². The maximum atomic E-state index is 13.8. The Labute approximate surface area is 139 Å². The van der Waals surface area contributed by atoms with E-state index in [4.69, 9.17) is 0 Å². The predicted octanol–water partition coefficient (Wildman–Crippen LogP) is 3.47. The number of rotatable bonds is 4. The van der Waals surface area contributed by atoms with Crippen molar-refractivity contribution in [3.05, 3.63) is 34.1 Å². The molecule has 0 spiro atoms. The zero-order valence-electron chi connectivity index (χ0n) is 12.1. The minimum atomic E-state index is -0.457. The summed E-state index contributed by atoms with van der Waals surface area (Å²) in [5.74, 6) is -0.000663. The largest absolute Gasteiger partial charge is 0.339 e. The monoisotopic (exact) mass is 378 g/mol. The Bertz CT molecular complexity index is 458. The van der Waals surface area contributed by atoms with Crippen molar-refractivity contribution < 1.29 is 9.18 Å². The summed E-state index contributed by atoms with van der Waals surface area (Å²) in [4.78, 5) is 14.2. The molecule has 118 valence electrons. The number of nitrogens with zero attached hydrogens (tertiary/aromatic N) is 1. The average Bonchev–Trinajstić information content (AvgIpc) is 2.45. The summed E-state index contributed by atoms with van der Waals surface area (Å²) in [5, 5.41) is 3.15. The lowest BCUT2D eigenvalue weighted by Crippen LogP contribution is -2.39. The molecule has 1 N–H and O–H groups in total. The van der Waals surface area contributed by atoms with Crippen LogP contribution in [0.5, 0.6) is 0 Å². The minimum Gasteiger partial charge on any atom is -0.339 e. The number of nitrogens with one attached hydrogen (secondary N) is 1. The quantitative estimate of drug-likeness (QED) is 0.869. The first-order valence-corrected chi connectivity index (χ1v) is 7.80. The van der Waals surface area contributed by atoms with E-state index in [-0.39, 0.29) is 23.9 Å². The van der Waals surface area contributed by atoms with Gasteiger partial charge in [0.05, 0.1) is 5.56 Å². The Balaban J connectivity index is 0.00000220. The number of likely N-dealkylation sites (tertiary alicyclic amines) is 1. The third kappa shape index (κ3) is 4.66. The second-order valence-corrected chi connectivity index (χ2v) is 6.08. The van der Waals surface area contributed by atoms with Crippen LogP contribution in [-0.2, 0) is 0 Å². The van der Waals surface area contributed by atoms with Gasteiger partial charge in [-0.25, -0.2) is 4.39 Å². The van der Waals surface area contributed by atoms with Gasteiger partial charge < -0.3 is 10.2 Å². The summed E-state index contributed by atoms with van der Waals surface area (Å²) in [6.07, 6.45) is 3.14. The fraction of sp³-hybridized carbons (Fsp3) is 0.533. The molecule has 0 aromatic heterocycles. The van der Waals surface area contributed by atoms with Crippen molar-refractivity contribution in [3.63, 3.8) is 0 Å². The van der Waals surface area contributed by atoms with Crippen LogP contribution < -0.4 is 5.32 Å². The number of hydrogen-bond donors (Lipinski definition) is 1. The van der Waals surface area contributed by atoms with Gasteiger partial charge in [-0.1, -0.05) is 6.07 Å². The highest BCUT2D eigenvalue weighted by Gasteiger charge is 2.26. The average molecular weight is 380 g/mol. The summed E-state index contributed by atoms with van der Waals surface area (Å²) < 4.78 is 14.3. The lowest BCUT2D eigenvalue weighted by molar-refractivity contribution is 0.0681. The zero-order valence-corrected chi connectivity index (χ0v) is 14.5. The summed E-state index contributed by atoms with van der Waals surface area (Å²) in [6.45, 7) is 2.44. The highest BCUT2D eigenvalue weighted by molar-refractivity contribution is 9.10.